The minimum Gasteiger partial charge on any atom is -0.358 e. The van der Waals surface area contributed by atoms with Crippen molar-refractivity contribution in [3.05, 3.63) is 12.2 Å². The fraction of sp³-hybridized carbons (Fsp3) is 0.636. The van der Waals surface area contributed by atoms with Crippen molar-refractivity contribution in [3.63, 3.8) is 0 Å². The van der Waals surface area contributed by atoms with Crippen molar-refractivity contribution < 1.29 is 14.3 Å². The lowest BCUT2D eigenvalue weighted by Gasteiger charge is -2.24. The highest BCUT2D eigenvalue weighted by molar-refractivity contribution is 6.13. The standard InChI is InChI=1S/C11H17NO3/c1-3-5-8-15-11(4-2)12-9(13)6-7-10(12)14/h6-7,11H,3-5,8H2,1-2H3. The van der Waals surface area contributed by atoms with Gasteiger partial charge in [-0.2, -0.15) is 0 Å². The van der Waals surface area contributed by atoms with E-state index in [1.54, 1.807) is 0 Å². The van der Waals surface area contributed by atoms with Crippen molar-refractivity contribution in [2.75, 3.05) is 6.61 Å². The van der Waals surface area contributed by atoms with Gasteiger partial charge >= 0.3 is 0 Å². The Morgan fingerprint density at radius 1 is 1.27 bits per heavy atom. The molecule has 2 amide bonds. The maximum Gasteiger partial charge on any atom is 0.255 e. The summed E-state index contributed by atoms with van der Waals surface area (Å²) >= 11 is 0. The van der Waals surface area contributed by atoms with Crippen LogP contribution in [0.5, 0.6) is 0 Å². The van der Waals surface area contributed by atoms with E-state index in [9.17, 15) is 9.59 Å². The summed E-state index contributed by atoms with van der Waals surface area (Å²) in [7, 11) is 0. The first-order chi connectivity index (χ1) is 7.20. The fourth-order valence-electron chi connectivity index (χ4n) is 1.43. The third kappa shape index (κ3) is 2.89. The highest BCUT2D eigenvalue weighted by atomic mass is 16.5. The van der Waals surface area contributed by atoms with Crippen LogP contribution < -0.4 is 0 Å². The van der Waals surface area contributed by atoms with Gasteiger partial charge in [0.15, 0.2) is 0 Å². The Bertz CT molecular complexity index is 255. The quantitative estimate of drug-likeness (QED) is 0.493. The van der Waals surface area contributed by atoms with Gasteiger partial charge in [0.05, 0.1) is 0 Å². The van der Waals surface area contributed by atoms with Crippen LogP contribution in [0.4, 0.5) is 0 Å². The van der Waals surface area contributed by atoms with Crippen molar-refractivity contribution in [2.45, 2.75) is 39.3 Å². The van der Waals surface area contributed by atoms with Gasteiger partial charge in [-0.05, 0) is 12.8 Å². The second-order valence-electron chi connectivity index (χ2n) is 3.47. The lowest BCUT2D eigenvalue weighted by atomic mass is 10.3. The highest BCUT2D eigenvalue weighted by Crippen LogP contribution is 2.13. The van der Waals surface area contributed by atoms with Crippen LogP contribution in [0.2, 0.25) is 0 Å². The van der Waals surface area contributed by atoms with E-state index in [0.717, 1.165) is 12.8 Å². The largest absolute Gasteiger partial charge is 0.358 e. The van der Waals surface area contributed by atoms with Crippen molar-refractivity contribution in [2.24, 2.45) is 0 Å². The molecule has 15 heavy (non-hydrogen) atoms. The van der Waals surface area contributed by atoms with Crippen LogP contribution in [0, 0.1) is 0 Å². The minimum absolute atomic E-state index is 0.275. The number of nitrogens with zero attached hydrogens (tertiary/aromatic N) is 1. The van der Waals surface area contributed by atoms with Crippen molar-refractivity contribution in [3.8, 4) is 0 Å². The third-order valence-corrected chi connectivity index (χ3v) is 2.29. The molecule has 84 valence electrons. The number of rotatable bonds is 6. The van der Waals surface area contributed by atoms with E-state index < -0.39 is 6.23 Å². The fourth-order valence-corrected chi connectivity index (χ4v) is 1.43. The van der Waals surface area contributed by atoms with Gasteiger partial charge in [0.2, 0.25) is 0 Å². The molecule has 4 heteroatoms. The number of amides is 2. The lowest BCUT2D eigenvalue weighted by molar-refractivity contribution is -0.152. The first-order valence-electron chi connectivity index (χ1n) is 5.37. The number of imide groups is 1. The van der Waals surface area contributed by atoms with Gasteiger partial charge in [0.25, 0.3) is 11.8 Å². The number of hydrogen-bond acceptors (Lipinski definition) is 3. The van der Waals surface area contributed by atoms with Gasteiger partial charge < -0.3 is 4.74 Å². The molecule has 0 aromatic rings. The third-order valence-electron chi connectivity index (χ3n) is 2.29. The molecule has 0 spiro atoms. The van der Waals surface area contributed by atoms with Crippen LogP contribution in [0.1, 0.15) is 33.1 Å². The molecule has 0 radical (unpaired) electrons. The number of carbonyl (C=O) groups is 2. The van der Waals surface area contributed by atoms with Crippen LogP contribution in [0.15, 0.2) is 12.2 Å². The van der Waals surface area contributed by atoms with Crippen LogP contribution in [0.25, 0.3) is 0 Å². The van der Waals surface area contributed by atoms with E-state index in [2.05, 4.69) is 6.92 Å². The molecule has 1 atom stereocenters. The van der Waals surface area contributed by atoms with Crippen LogP contribution in [0.3, 0.4) is 0 Å². The molecule has 1 unspecified atom stereocenters. The Balaban J connectivity index is 2.51. The molecule has 0 N–H and O–H groups in total. The molecule has 0 aromatic carbocycles. The van der Waals surface area contributed by atoms with E-state index in [0.29, 0.717) is 13.0 Å². The van der Waals surface area contributed by atoms with Crippen molar-refractivity contribution in [1.29, 1.82) is 0 Å². The van der Waals surface area contributed by atoms with Gasteiger partial charge in [-0.3, -0.25) is 9.59 Å². The maximum atomic E-state index is 11.4. The zero-order chi connectivity index (χ0) is 11.3. The molecule has 4 nitrogen and oxygen atoms in total. The number of hydrogen-bond donors (Lipinski definition) is 0. The molecule has 0 aromatic heterocycles. The van der Waals surface area contributed by atoms with Crippen LogP contribution in [-0.2, 0) is 14.3 Å². The summed E-state index contributed by atoms with van der Waals surface area (Å²) in [5, 5.41) is 0. The molecule has 0 saturated heterocycles. The second-order valence-corrected chi connectivity index (χ2v) is 3.47. The average Bonchev–Trinajstić information content (AvgIpc) is 2.55. The zero-order valence-corrected chi connectivity index (χ0v) is 9.23. The van der Waals surface area contributed by atoms with E-state index >= 15 is 0 Å². The van der Waals surface area contributed by atoms with Gasteiger partial charge in [0.1, 0.15) is 6.23 Å². The summed E-state index contributed by atoms with van der Waals surface area (Å²) in [5.74, 6) is -0.549. The van der Waals surface area contributed by atoms with Crippen molar-refractivity contribution >= 4 is 11.8 Å². The predicted octanol–water partition coefficient (Wildman–Crippen LogP) is 1.46. The monoisotopic (exact) mass is 211 g/mol. The maximum absolute atomic E-state index is 11.4. The molecule has 1 heterocycles. The molecule has 1 aliphatic heterocycles. The summed E-state index contributed by atoms with van der Waals surface area (Å²) in [5.41, 5.74) is 0. The van der Waals surface area contributed by atoms with Gasteiger partial charge in [-0.15, -0.1) is 0 Å². The van der Waals surface area contributed by atoms with E-state index in [4.69, 9.17) is 4.74 Å². The summed E-state index contributed by atoms with van der Waals surface area (Å²) in [6.45, 7) is 4.56. The molecule has 1 aliphatic rings. The first-order valence-corrected chi connectivity index (χ1v) is 5.37. The highest BCUT2D eigenvalue weighted by Gasteiger charge is 2.30. The Labute approximate surface area is 89.9 Å². The van der Waals surface area contributed by atoms with Crippen LogP contribution >= 0.6 is 0 Å². The number of carbonyl (C=O) groups excluding carboxylic acids is 2. The van der Waals surface area contributed by atoms with Gasteiger partial charge in [-0.25, -0.2) is 4.90 Å². The summed E-state index contributed by atoms with van der Waals surface area (Å²) in [6.07, 6.45) is 4.77. The zero-order valence-electron chi connectivity index (χ0n) is 9.23. The number of ether oxygens (including phenoxy) is 1. The Morgan fingerprint density at radius 2 is 1.87 bits per heavy atom. The van der Waals surface area contributed by atoms with Crippen LogP contribution in [-0.4, -0.2) is 29.5 Å². The first kappa shape index (κ1) is 11.9. The molecule has 0 aliphatic carbocycles. The molecule has 0 bridgehead atoms. The second kappa shape index (κ2) is 5.66. The van der Waals surface area contributed by atoms with E-state index in [-0.39, 0.29) is 11.8 Å². The summed E-state index contributed by atoms with van der Waals surface area (Å²) < 4.78 is 5.50. The normalized spacial score (nSPS) is 17.6. The van der Waals surface area contributed by atoms with Gasteiger partial charge in [0, 0.05) is 18.8 Å². The summed E-state index contributed by atoms with van der Waals surface area (Å²) in [6, 6.07) is 0. The minimum atomic E-state index is -0.411. The van der Waals surface area contributed by atoms with Crippen molar-refractivity contribution in [1.82, 2.24) is 4.90 Å². The van der Waals surface area contributed by atoms with E-state index in [1.165, 1.54) is 17.1 Å². The smallest absolute Gasteiger partial charge is 0.255 e. The topological polar surface area (TPSA) is 46.6 Å². The molecular formula is C11H17NO3. The average molecular weight is 211 g/mol. The van der Waals surface area contributed by atoms with E-state index in [1.807, 2.05) is 6.92 Å². The number of unbranched alkanes of at least 4 members (excludes halogenated alkanes) is 1. The Hall–Kier alpha value is -1.16. The SMILES string of the molecule is CCCCOC(CC)N1C(=O)C=CC1=O. The molecule has 0 fully saturated rings. The predicted molar refractivity (Wildman–Crippen MR) is 55.9 cm³/mol. The lowest BCUT2D eigenvalue weighted by Crippen LogP contribution is -2.41. The molecular weight excluding hydrogens is 194 g/mol. The molecule has 0 saturated carbocycles. The van der Waals surface area contributed by atoms with Gasteiger partial charge in [-0.1, -0.05) is 20.3 Å². The summed E-state index contributed by atoms with van der Waals surface area (Å²) in [4.78, 5) is 23.9. The molecule has 1 rings (SSSR count). The Morgan fingerprint density at radius 3 is 2.33 bits per heavy atom. The Kier molecular flexibility index (Phi) is 4.49.